The molecule has 0 saturated heterocycles. The summed E-state index contributed by atoms with van der Waals surface area (Å²) in [4.78, 5) is 11.0. The van der Waals surface area contributed by atoms with E-state index in [1.54, 1.807) is 0 Å². The Morgan fingerprint density at radius 3 is 1.81 bits per heavy atom. The average Bonchev–Trinajstić information content (AvgIpc) is 4.02. The van der Waals surface area contributed by atoms with Crippen molar-refractivity contribution in [3.05, 3.63) is 206 Å². The molecule has 0 aliphatic heterocycles. The van der Waals surface area contributed by atoms with Crippen LogP contribution in [-0.2, 0) is 0 Å². The Hall–Kier alpha value is -8.54. The molecule has 292 valence electrons. The molecule has 5 heteroatoms. The Morgan fingerprint density at radius 1 is 0.365 bits per heavy atom. The maximum atomic E-state index is 7.06. The van der Waals surface area contributed by atoms with Gasteiger partial charge in [0.25, 0.3) is 0 Å². The zero-order valence-corrected chi connectivity index (χ0v) is 33.8. The van der Waals surface area contributed by atoms with Gasteiger partial charge in [-0.3, -0.25) is 4.57 Å². The summed E-state index contributed by atoms with van der Waals surface area (Å²) in [6, 6.07) is 73.6. The van der Waals surface area contributed by atoms with Gasteiger partial charge in [-0.25, -0.2) is 9.97 Å². The number of rotatable bonds is 4. The van der Waals surface area contributed by atoms with Gasteiger partial charge >= 0.3 is 0 Å². The zero-order valence-electron chi connectivity index (χ0n) is 33.8. The van der Waals surface area contributed by atoms with E-state index >= 15 is 0 Å². The van der Waals surface area contributed by atoms with E-state index < -0.39 is 0 Å². The lowest BCUT2D eigenvalue weighted by molar-refractivity contribution is 0.671. The Balaban J connectivity index is 1.08. The monoisotopic (exact) mass is 802 g/mol. The fraction of sp³-hybridized carbons (Fsp3) is 0. The molecule has 5 nitrogen and oxygen atoms in total. The van der Waals surface area contributed by atoms with Gasteiger partial charge in [-0.05, 0) is 81.9 Å². The van der Waals surface area contributed by atoms with E-state index in [0.717, 1.165) is 104 Å². The molecule has 14 rings (SSSR count). The molecule has 0 bridgehead atoms. The molecule has 0 aliphatic rings. The number of furan rings is 1. The van der Waals surface area contributed by atoms with Gasteiger partial charge in [0, 0.05) is 54.3 Å². The number of hydrogen-bond donors (Lipinski definition) is 0. The van der Waals surface area contributed by atoms with Crippen LogP contribution >= 0.6 is 0 Å². The highest BCUT2D eigenvalue weighted by Gasteiger charge is 2.26. The lowest BCUT2D eigenvalue weighted by Gasteiger charge is -2.14. The molecular formula is C58H34N4O. The van der Waals surface area contributed by atoms with Crippen molar-refractivity contribution in [2.45, 2.75) is 0 Å². The first-order chi connectivity index (χ1) is 31.3. The smallest absolute Gasteiger partial charge is 0.235 e. The molecule has 63 heavy (non-hydrogen) atoms. The Bertz CT molecular complexity index is 4200. The number of aromatic nitrogens is 4. The fourth-order valence-corrected chi connectivity index (χ4v) is 10.3. The van der Waals surface area contributed by atoms with Gasteiger partial charge in [0.2, 0.25) is 5.95 Å². The second kappa shape index (κ2) is 13.0. The lowest BCUT2D eigenvalue weighted by atomic mass is 9.94. The first-order valence-corrected chi connectivity index (χ1v) is 21.4. The highest BCUT2D eigenvalue weighted by Crippen LogP contribution is 2.47. The predicted octanol–water partition coefficient (Wildman–Crippen LogP) is 15.4. The van der Waals surface area contributed by atoms with Crippen LogP contribution < -0.4 is 0 Å². The molecular weight excluding hydrogens is 769 g/mol. The van der Waals surface area contributed by atoms with Crippen molar-refractivity contribution in [2.75, 3.05) is 0 Å². The second-order valence-corrected chi connectivity index (χ2v) is 16.5. The highest BCUT2D eigenvalue weighted by molar-refractivity contribution is 6.35. The van der Waals surface area contributed by atoms with E-state index in [1.807, 2.05) is 6.07 Å². The van der Waals surface area contributed by atoms with Crippen molar-refractivity contribution in [1.29, 1.82) is 0 Å². The Morgan fingerprint density at radius 2 is 0.984 bits per heavy atom. The van der Waals surface area contributed by atoms with Crippen LogP contribution in [0, 0.1) is 0 Å². The Kier molecular flexibility index (Phi) is 7.05. The van der Waals surface area contributed by atoms with Gasteiger partial charge in [0.1, 0.15) is 11.1 Å². The molecule has 0 saturated carbocycles. The topological polar surface area (TPSA) is 48.8 Å². The normalized spacial score (nSPS) is 12.1. The van der Waals surface area contributed by atoms with E-state index in [-0.39, 0.29) is 0 Å². The maximum absolute atomic E-state index is 7.06. The number of para-hydroxylation sites is 4. The van der Waals surface area contributed by atoms with Gasteiger partial charge in [-0.2, -0.15) is 0 Å². The molecule has 0 radical (unpaired) electrons. The molecule has 4 aromatic heterocycles. The van der Waals surface area contributed by atoms with Crippen LogP contribution in [0.15, 0.2) is 211 Å². The molecule has 0 fully saturated rings. The largest absolute Gasteiger partial charge is 0.454 e. The Labute approximate surface area is 360 Å². The van der Waals surface area contributed by atoms with Crippen molar-refractivity contribution in [2.24, 2.45) is 0 Å². The number of benzene rings is 10. The molecule has 10 aromatic carbocycles. The summed E-state index contributed by atoms with van der Waals surface area (Å²) in [7, 11) is 0. The fourth-order valence-electron chi connectivity index (χ4n) is 10.3. The van der Waals surface area contributed by atoms with Crippen molar-refractivity contribution in [1.82, 2.24) is 19.1 Å². The molecule has 0 N–H and O–H groups in total. The van der Waals surface area contributed by atoms with Crippen LogP contribution in [0.3, 0.4) is 0 Å². The summed E-state index contributed by atoms with van der Waals surface area (Å²) < 4.78 is 11.7. The average molecular weight is 803 g/mol. The quantitative estimate of drug-likeness (QED) is 0.167. The lowest BCUT2D eigenvalue weighted by Crippen LogP contribution is -2.04. The minimum absolute atomic E-state index is 0.601. The second-order valence-electron chi connectivity index (χ2n) is 16.5. The molecule has 0 atom stereocenters. The van der Waals surface area contributed by atoms with Crippen LogP contribution in [-0.4, -0.2) is 19.1 Å². The molecule has 14 aromatic rings. The molecule has 0 spiro atoms. The highest BCUT2D eigenvalue weighted by atomic mass is 16.3. The van der Waals surface area contributed by atoms with Gasteiger partial charge in [0.05, 0.1) is 27.8 Å². The number of fused-ring (bicyclic) bond motifs is 16. The summed E-state index contributed by atoms with van der Waals surface area (Å²) in [5.74, 6) is 0.601. The predicted molar refractivity (Wildman–Crippen MR) is 261 cm³/mol. The van der Waals surface area contributed by atoms with E-state index in [4.69, 9.17) is 14.4 Å². The minimum atomic E-state index is 0.601. The number of nitrogens with zero attached hydrogens (tertiary/aromatic N) is 4. The first kappa shape index (κ1) is 34.2. The summed E-state index contributed by atoms with van der Waals surface area (Å²) >= 11 is 0. The third-order valence-corrected chi connectivity index (χ3v) is 13.1. The van der Waals surface area contributed by atoms with Gasteiger partial charge in [-0.1, -0.05) is 152 Å². The van der Waals surface area contributed by atoms with E-state index in [1.165, 1.54) is 21.8 Å². The summed E-state index contributed by atoms with van der Waals surface area (Å²) in [5, 5.41) is 12.4. The third kappa shape index (κ3) is 4.87. The summed E-state index contributed by atoms with van der Waals surface area (Å²) in [6.07, 6.45) is 0. The molecule has 0 amide bonds. The van der Waals surface area contributed by atoms with Crippen molar-refractivity contribution in [3.63, 3.8) is 0 Å². The maximum Gasteiger partial charge on any atom is 0.235 e. The van der Waals surface area contributed by atoms with Crippen molar-refractivity contribution >= 4 is 98.0 Å². The van der Waals surface area contributed by atoms with Gasteiger partial charge in [-0.15, -0.1) is 0 Å². The van der Waals surface area contributed by atoms with Gasteiger partial charge < -0.3 is 8.98 Å². The molecule has 0 aliphatic carbocycles. The standard InChI is InChI=1S/C58H34N4O/c1-3-16-36(17-4-1)54-45-31-27-35-15-7-8-20-40(35)55(45)60-58(59-54)62-49-25-13-10-22-43(49)52-42-30-28-37(34-47(42)53-44-23-11-14-26-51(44)63-57(53)56(52)62)38-29-32-50-46(33-38)41-21-9-12-24-48(41)61(50)39-18-5-2-6-19-39/h1-34H. The van der Waals surface area contributed by atoms with E-state index in [2.05, 4.69) is 209 Å². The van der Waals surface area contributed by atoms with Crippen LogP contribution in [0.5, 0.6) is 0 Å². The SMILES string of the molecule is c1ccc(-c2nc(-n3c4ccccc4c4c5ccc(-c6ccc7c(c6)c6ccccc6n7-c6ccccc6)cc5c5c6ccccc6oc5c43)nc3c2ccc2ccccc23)cc1. The molecule has 0 unspecified atom stereocenters. The summed E-state index contributed by atoms with van der Waals surface area (Å²) in [6.45, 7) is 0. The van der Waals surface area contributed by atoms with E-state index in [0.29, 0.717) is 5.95 Å². The van der Waals surface area contributed by atoms with Crippen LogP contribution in [0.2, 0.25) is 0 Å². The van der Waals surface area contributed by atoms with E-state index in [9.17, 15) is 0 Å². The number of hydrogen-bond acceptors (Lipinski definition) is 3. The zero-order chi connectivity index (χ0) is 41.2. The van der Waals surface area contributed by atoms with Crippen LogP contribution in [0.4, 0.5) is 0 Å². The van der Waals surface area contributed by atoms with Gasteiger partial charge in [0.15, 0.2) is 5.58 Å². The third-order valence-electron chi connectivity index (χ3n) is 13.1. The van der Waals surface area contributed by atoms with Crippen molar-refractivity contribution in [3.8, 4) is 34.0 Å². The van der Waals surface area contributed by atoms with Crippen molar-refractivity contribution < 1.29 is 4.42 Å². The van der Waals surface area contributed by atoms with Crippen LogP contribution in [0.1, 0.15) is 0 Å². The summed E-state index contributed by atoms with van der Waals surface area (Å²) in [5.41, 5.74) is 12.3. The molecule has 4 heterocycles. The first-order valence-electron chi connectivity index (χ1n) is 21.4. The minimum Gasteiger partial charge on any atom is -0.454 e. The van der Waals surface area contributed by atoms with Crippen LogP contribution in [0.25, 0.3) is 132 Å².